The molecule has 1 aliphatic heterocycles. The van der Waals surface area contributed by atoms with Crippen LogP contribution in [0.25, 0.3) is 10.4 Å². The summed E-state index contributed by atoms with van der Waals surface area (Å²) in [4.78, 5) is 70.6. The summed E-state index contributed by atoms with van der Waals surface area (Å²) < 4.78 is 45.4. The van der Waals surface area contributed by atoms with Crippen molar-refractivity contribution in [3.63, 3.8) is 0 Å². The molecule has 25 heteroatoms. The van der Waals surface area contributed by atoms with E-state index in [4.69, 9.17) is 40.3 Å². The number of thiazole rings is 2. The Labute approximate surface area is 508 Å². The molecule has 4 aromatic heterocycles. The number of benzene rings is 2. The van der Waals surface area contributed by atoms with Crippen molar-refractivity contribution in [1.82, 2.24) is 50.8 Å². The second kappa shape index (κ2) is 31.9. The highest BCUT2D eigenvalue weighted by atomic mass is 35.5. The summed E-state index contributed by atoms with van der Waals surface area (Å²) in [7, 11) is 0. The van der Waals surface area contributed by atoms with Gasteiger partial charge in [-0.15, -0.1) is 27.8 Å². The van der Waals surface area contributed by atoms with Crippen LogP contribution in [0.1, 0.15) is 88.4 Å². The lowest BCUT2D eigenvalue weighted by Crippen LogP contribution is -2.58. The van der Waals surface area contributed by atoms with Gasteiger partial charge in [0.15, 0.2) is 16.7 Å². The van der Waals surface area contributed by atoms with Gasteiger partial charge in [-0.25, -0.2) is 19.3 Å². The van der Waals surface area contributed by atoms with E-state index >= 15 is 0 Å². The van der Waals surface area contributed by atoms with Gasteiger partial charge >= 0.3 is 0 Å². The Hall–Kier alpha value is -6.35. The van der Waals surface area contributed by atoms with Crippen molar-refractivity contribution in [2.24, 2.45) is 10.8 Å². The number of aryl methyl sites for hydroxylation is 1. The van der Waals surface area contributed by atoms with Crippen LogP contribution in [-0.4, -0.2) is 154 Å². The quantitative estimate of drug-likeness (QED) is 0.0248. The lowest BCUT2D eigenvalue weighted by molar-refractivity contribution is -0.144. The molecule has 2 aromatic carbocycles. The smallest absolute Gasteiger partial charge is 0.246 e. The highest BCUT2D eigenvalue weighted by molar-refractivity contribution is 7.13. The van der Waals surface area contributed by atoms with E-state index in [2.05, 4.69) is 41.5 Å². The summed E-state index contributed by atoms with van der Waals surface area (Å²) in [5.41, 5.74) is 4.81. The molecule has 5 heterocycles. The predicted octanol–water partition coefficient (Wildman–Crippen LogP) is 7.66. The van der Waals surface area contributed by atoms with Crippen LogP contribution in [0.2, 0.25) is 5.02 Å². The number of hydrogen-bond donors (Lipinski definition) is 5. The fourth-order valence-electron chi connectivity index (χ4n) is 10.3. The minimum Gasteiger partial charge on any atom is -0.487 e. The number of aliphatic hydroxyl groups excluding tert-OH is 1. The Bertz CT molecular complexity index is 3080. The number of aliphatic hydroxyl groups is 1. The Morgan fingerprint density at radius 2 is 1.67 bits per heavy atom. The van der Waals surface area contributed by atoms with Gasteiger partial charge in [-0.2, -0.15) is 0 Å². The van der Waals surface area contributed by atoms with Crippen LogP contribution in [0.5, 0.6) is 5.75 Å². The minimum absolute atomic E-state index is 0.00481. The van der Waals surface area contributed by atoms with Crippen LogP contribution in [0.4, 0.5) is 15.3 Å². The minimum atomic E-state index is -0.971. The van der Waals surface area contributed by atoms with E-state index in [0.717, 1.165) is 32.5 Å². The molecular weight excluding hydrogens is 1150 g/mol. The van der Waals surface area contributed by atoms with Gasteiger partial charge in [0.1, 0.15) is 36.0 Å². The number of Topliss-reactive ketones (excluding diaryl/α,β-unsaturated/α-hetero) is 1. The molecule has 3 atom stereocenters. The lowest BCUT2D eigenvalue weighted by Gasteiger charge is -2.39. The van der Waals surface area contributed by atoms with Crippen molar-refractivity contribution in [3.8, 4) is 16.2 Å². The third-order valence-corrected chi connectivity index (χ3v) is 16.8. The molecule has 0 bridgehead atoms. The number of carbonyl (C=O) groups excluding carboxylic acids is 4. The number of ether oxygens (including phenoxy) is 5. The molecular formula is C60H77ClFN11O10S2. The van der Waals surface area contributed by atoms with Crippen molar-refractivity contribution in [3.05, 3.63) is 117 Å². The first-order chi connectivity index (χ1) is 41.0. The van der Waals surface area contributed by atoms with E-state index < -0.39 is 46.6 Å². The number of likely N-dealkylation sites (tertiary alicyclic amines) is 1. The van der Waals surface area contributed by atoms with E-state index in [9.17, 15) is 28.7 Å². The third-order valence-electron chi connectivity index (χ3n) is 14.8. The summed E-state index contributed by atoms with van der Waals surface area (Å²) in [6.07, 6.45) is 6.16. The van der Waals surface area contributed by atoms with Gasteiger partial charge in [0.25, 0.3) is 0 Å². The lowest BCUT2D eigenvalue weighted by atomic mass is 9.66. The molecule has 0 spiro atoms. The van der Waals surface area contributed by atoms with Crippen molar-refractivity contribution >= 4 is 68.7 Å². The average Bonchev–Trinajstić information content (AvgIpc) is 4.16. The number of aromatic nitrogens is 6. The van der Waals surface area contributed by atoms with Crippen LogP contribution in [0, 0.1) is 23.6 Å². The van der Waals surface area contributed by atoms with E-state index in [1.807, 2.05) is 81.1 Å². The topological polar surface area (TPSA) is 255 Å². The molecule has 0 unspecified atom stereocenters. The van der Waals surface area contributed by atoms with Crippen LogP contribution in [0.15, 0.2) is 83.9 Å². The molecule has 5 N–H and O–H groups in total. The maximum absolute atomic E-state index is 14.7. The van der Waals surface area contributed by atoms with Crippen LogP contribution in [-0.2, 0) is 64.2 Å². The number of rotatable bonds is 33. The van der Waals surface area contributed by atoms with Gasteiger partial charge in [0, 0.05) is 74.7 Å². The zero-order valence-electron chi connectivity index (χ0n) is 48.6. The number of anilines is 2. The number of pyridine rings is 1. The number of nitrogens with one attached hydrogen (secondary N) is 4. The van der Waals surface area contributed by atoms with E-state index in [1.54, 1.807) is 40.5 Å². The zero-order valence-corrected chi connectivity index (χ0v) is 51.0. The average molecular weight is 1230 g/mol. The summed E-state index contributed by atoms with van der Waals surface area (Å²) in [5, 5.41) is 33.8. The molecule has 2 aliphatic rings. The zero-order chi connectivity index (χ0) is 60.2. The monoisotopic (exact) mass is 1230 g/mol. The molecule has 0 radical (unpaired) electrons. The predicted molar refractivity (Wildman–Crippen MR) is 321 cm³/mol. The Balaban J connectivity index is 0.656. The number of halogens is 2. The summed E-state index contributed by atoms with van der Waals surface area (Å²) in [5.74, 6) is -0.957. The molecule has 3 amide bonds. The molecule has 1 saturated carbocycles. The Morgan fingerprint density at radius 1 is 0.906 bits per heavy atom. The van der Waals surface area contributed by atoms with Crippen LogP contribution in [0.3, 0.4) is 0 Å². The first-order valence-corrected chi connectivity index (χ1v) is 30.9. The second-order valence-electron chi connectivity index (χ2n) is 22.3. The van der Waals surface area contributed by atoms with Crippen LogP contribution < -0.4 is 26.0 Å². The number of amides is 3. The Kier molecular flexibility index (Phi) is 24.2. The van der Waals surface area contributed by atoms with E-state index in [0.29, 0.717) is 109 Å². The highest BCUT2D eigenvalue weighted by Gasteiger charge is 2.45. The van der Waals surface area contributed by atoms with E-state index in [1.165, 1.54) is 22.3 Å². The number of ketones is 1. The standard InChI is InChI=1S/C60H77ClFN11O10S2/c1-40-54(85-39-66-40)42-15-13-41(14-16-42)34-65-56(77)48-32-45(74)36-73(48)57(78)55(59(2,3)4)69-52(76)38-81-26-22-63-21-24-72-35-44(70-71-72)37-82-30-29-80-28-27-79-25-7-11-50(75)60(33-43-8-5-12-51(67-43)68-58-64-23-31-84-58)19-17-46(18-20-60)83-49-10-6-9-47(61)53(49)62/h5-6,8-10,12-16,23,31,35,39,45-46,48,55,63,74H,7,11,17-22,24-30,32-34,36-38H2,1-4H3,(H,65,77)(H,69,76)(H,64,67,68)/t45-,46?,48+,55-,60?/m1/s1. The first-order valence-electron chi connectivity index (χ1n) is 28.8. The fraction of sp³-hybridized carbons (Fsp3) is 0.517. The van der Waals surface area contributed by atoms with Crippen molar-refractivity contribution in [2.75, 3.05) is 71.2 Å². The van der Waals surface area contributed by atoms with E-state index in [-0.39, 0.29) is 67.9 Å². The number of carbonyl (C=O) groups is 4. The van der Waals surface area contributed by atoms with Gasteiger partial charge in [-0.1, -0.05) is 74.0 Å². The van der Waals surface area contributed by atoms with Crippen molar-refractivity contribution in [2.45, 2.75) is 123 Å². The van der Waals surface area contributed by atoms with Gasteiger partial charge in [-0.3, -0.25) is 23.9 Å². The van der Waals surface area contributed by atoms with Crippen molar-refractivity contribution in [1.29, 1.82) is 0 Å². The Morgan fingerprint density at radius 3 is 2.41 bits per heavy atom. The van der Waals surface area contributed by atoms with Gasteiger partial charge in [-0.05, 0) is 79.8 Å². The number of hydrogen-bond acceptors (Lipinski definition) is 19. The van der Waals surface area contributed by atoms with Gasteiger partial charge < -0.3 is 55.0 Å². The highest BCUT2D eigenvalue weighted by Crippen LogP contribution is 2.43. The maximum atomic E-state index is 14.7. The molecule has 458 valence electrons. The van der Waals surface area contributed by atoms with Crippen LogP contribution >= 0.6 is 34.3 Å². The molecule has 6 aromatic rings. The first kappa shape index (κ1) is 64.6. The van der Waals surface area contributed by atoms with Gasteiger partial charge in [0.05, 0.1) is 85.7 Å². The molecule has 2 fully saturated rings. The van der Waals surface area contributed by atoms with Crippen molar-refractivity contribution < 1.29 is 52.4 Å². The van der Waals surface area contributed by atoms with Gasteiger partial charge in [0.2, 0.25) is 17.7 Å². The summed E-state index contributed by atoms with van der Waals surface area (Å²) in [6, 6.07) is 16.4. The molecule has 85 heavy (non-hydrogen) atoms. The molecule has 1 aliphatic carbocycles. The normalized spacial score (nSPS) is 18.3. The second-order valence-corrected chi connectivity index (χ2v) is 24.5. The third kappa shape index (κ3) is 19.3. The summed E-state index contributed by atoms with van der Waals surface area (Å²) in [6.45, 7) is 11.3. The molecule has 21 nitrogen and oxygen atoms in total. The number of nitrogens with zero attached hydrogens (tertiary/aromatic N) is 7. The fourth-order valence-corrected chi connectivity index (χ4v) is 11.8. The molecule has 1 saturated heterocycles. The maximum Gasteiger partial charge on any atom is 0.246 e. The SMILES string of the molecule is Cc1ncsc1-c1ccc(CNC(=O)[C@@H]2C[C@@H](O)CN2C(=O)[C@@H](NC(=O)COCCNCCn2cc(COCCOCCOCCCC(=O)C3(Cc4cccc(Nc5nccs5)n4)CCC(Oc4cccc(Cl)c4F)CC3)nn2)C(C)(C)C)cc1. The number of β-amino-alcohol motifs (C(OH)–C–C–N with tert-alkyl or cyclic N) is 1. The largest absolute Gasteiger partial charge is 0.487 e. The summed E-state index contributed by atoms with van der Waals surface area (Å²) >= 11 is 9.05. The molecule has 8 rings (SSSR count).